The molecule has 1 amide bonds. The number of aliphatic imine (C=N–C) groups is 1. The highest BCUT2D eigenvalue weighted by molar-refractivity contribution is 5.80. The fraction of sp³-hybridized carbons (Fsp3) is 0.762. The predicted octanol–water partition coefficient (Wildman–Crippen LogP) is 1.15. The molecule has 2 aliphatic heterocycles. The van der Waals surface area contributed by atoms with E-state index in [0.717, 1.165) is 83.9 Å². The molecule has 0 radical (unpaired) electrons. The molecular formula is C21H37N7O. The minimum Gasteiger partial charge on any atom is -0.369 e. The smallest absolute Gasteiger partial charge is 0.220 e. The molecule has 8 nitrogen and oxygen atoms in total. The molecule has 2 aliphatic rings. The number of primary amides is 1. The van der Waals surface area contributed by atoms with Crippen molar-refractivity contribution in [1.29, 1.82) is 0 Å². The van der Waals surface area contributed by atoms with Gasteiger partial charge in [-0.1, -0.05) is 0 Å². The molecule has 0 bridgehead atoms. The van der Waals surface area contributed by atoms with Gasteiger partial charge in [-0.25, -0.2) is 0 Å². The number of nitrogens with two attached hydrogens (primary N) is 1. The van der Waals surface area contributed by atoms with Crippen LogP contribution in [0.5, 0.6) is 0 Å². The zero-order valence-corrected chi connectivity index (χ0v) is 18.0. The van der Waals surface area contributed by atoms with Gasteiger partial charge in [0.25, 0.3) is 0 Å². The van der Waals surface area contributed by atoms with Crippen molar-refractivity contribution in [2.75, 3.05) is 45.8 Å². The second-order valence-corrected chi connectivity index (χ2v) is 8.34. The van der Waals surface area contributed by atoms with Gasteiger partial charge in [-0.2, -0.15) is 5.10 Å². The molecule has 1 aromatic heterocycles. The monoisotopic (exact) mass is 403 g/mol. The number of carbonyl (C=O) groups excluding carboxylic acids is 1. The van der Waals surface area contributed by atoms with Crippen molar-refractivity contribution in [1.82, 2.24) is 24.9 Å². The Morgan fingerprint density at radius 2 is 2.07 bits per heavy atom. The summed E-state index contributed by atoms with van der Waals surface area (Å²) in [6.45, 7) is 8.98. The lowest BCUT2D eigenvalue weighted by Gasteiger charge is -2.30. The Kier molecular flexibility index (Phi) is 7.91. The number of aryl methyl sites for hydroxylation is 1. The number of hydrogen-bond acceptors (Lipinski definition) is 4. The highest BCUT2D eigenvalue weighted by atomic mass is 16.1. The second kappa shape index (κ2) is 10.6. The van der Waals surface area contributed by atoms with Crippen LogP contribution < -0.4 is 11.1 Å². The van der Waals surface area contributed by atoms with E-state index in [4.69, 9.17) is 10.7 Å². The highest BCUT2D eigenvalue weighted by Crippen LogP contribution is 2.26. The Bertz CT molecular complexity index is 678. The van der Waals surface area contributed by atoms with E-state index in [2.05, 4.69) is 33.3 Å². The van der Waals surface area contributed by atoms with E-state index in [9.17, 15) is 4.79 Å². The molecule has 2 fully saturated rings. The van der Waals surface area contributed by atoms with Crippen LogP contribution in [0.3, 0.4) is 0 Å². The van der Waals surface area contributed by atoms with E-state index in [0.29, 0.717) is 5.92 Å². The molecule has 8 heteroatoms. The number of amides is 1. The van der Waals surface area contributed by atoms with Gasteiger partial charge in [0, 0.05) is 51.3 Å². The summed E-state index contributed by atoms with van der Waals surface area (Å²) in [5.41, 5.74) is 6.74. The van der Waals surface area contributed by atoms with Crippen LogP contribution in [-0.2, 0) is 11.8 Å². The Morgan fingerprint density at radius 3 is 2.72 bits per heavy atom. The minimum atomic E-state index is -0.136. The number of hydrogen-bond donors (Lipinski definition) is 2. The number of carbonyl (C=O) groups is 1. The van der Waals surface area contributed by atoms with Gasteiger partial charge in [0.05, 0.1) is 6.20 Å². The first-order chi connectivity index (χ1) is 14.1. The first kappa shape index (κ1) is 21.6. The topological polar surface area (TPSA) is 91.8 Å². The summed E-state index contributed by atoms with van der Waals surface area (Å²) in [6, 6.07) is 0. The maximum absolute atomic E-state index is 11.3. The fourth-order valence-corrected chi connectivity index (χ4v) is 4.37. The maximum Gasteiger partial charge on any atom is 0.220 e. The Balaban J connectivity index is 1.39. The molecule has 3 N–H and O–H groups in total. The number of piperidine rings is 1. The second-order valence-electron chi connectivity index (χ2n) is 8.34. The Morgan fingerprint density at radius 1 is 1.28 bits per heavy atom. The summed E-state index contributed by atoms with van der Waals surface area (Å²) in [5, 5.41) is 7.77. The van der Waals surface area contributed by atoms with Crippen molar-refractivity contribution in [3.05, 3.63) is 18.0 Å². The third-order valence-electron chi connectivity index (χ3n) is 6.15. The zero-order chi connectivity index (χ0) is 20.6. The number of nitrogens with zero attached hydrogens (tertiary/aromatic N) is 5. The van der Waals surface area contributed by atoms with Gasteiger partial charge in [0.2, 0.25) is 5.91 Å². The van der Waals surface area contributed by atoms with Crippen LogP contribution in [0.2, 0.25) is 0 Å². The summed E-state index contributed by atoms with van der Waals surface area (Å²) >= 11 is 0. The van der Waals surface area contributed by atoms with Crippen molar-refractivity contribution < 1.29 is 4.79 Å². The van der Waals surface area contributed by atoms with Crippen molar-refractivity contribution >= 4 is 11.9 Å². The molecule has 1 atom stereocenters. The van der Waals surface area contributed by atoms with Crippen LogP contribution in [0.1, 0.15) is 50.5 Å². The van der Waals surface area contributed by atoms with Gasteiger partial charge < -0.3 is 20.9 Å². The highest BCUT2D eigenvalue weighted by Gasteiger charge is 2.27. The summed E-state index contributed by atoms with van der Waals surface area (Å²) in [5.74, 6) is 1.52. The summed E-state index contributed by atoms with van der Waals surface area (Å²) in [7, 11) is 1.97. The minimum absolute atomic E-state index is 0.0782. The maximum atomic E-state index is 11.3. The summed E-state index contributed by atoms with van der Waals surface area (Å²) in [4.78, 5) is 21.0. The van der Waals surface area contributed by atoms with Gasteiger partial charge in [-0.15, -0.1) is 0 Å². The quantitative estimate of drug-likeness (QED) is 0.386. The van der Waals surface area contributed by atoms with Crippen LogP contribution in [0.4, 0.5) is 0 Å². The van der Waals surface area contributed by atoms with Gasteiger partial charge in [-0.05, 0) is 64.2 Å². The lowest BCUT2D eigenvalue weighted by molar-refractivity contribution is -0.123. The van der Waals surface area contributed by atoms with Gasteiger partial charge in [0.15, 0.2) is 5.96 Å². The summed E-state index contributed by atoms with van der Waals surface area (Å²) < 4.78 is 1.88. The van der Waals surface area contributed by atoms with Crippen molar-refractivity contribution in [3.8, 4) is 0 Å². The first-order valence-corrected chi connectivity index (χ1v) is 11.1. The first-order valence-electron chi connectivity index (χ1n) is 11.1. The largest absolute Gasteiger partial charge is 0.369 e. The zero-order valence-electron chi connectivity index (χ0n) is 18.0. The van der Waals surface area contributed by atoms with Crippen molar-refractivity contribution in [2.24, 2.45) is 23.7 Å². The average Bonchev–Trinajstić information content (AvgIpc) is 3.36. The van der Waals surface area contributed by atoms with Gasteiger partial charge in [-0.3, -0.25) is 14.5 Å². The molecule has 0 aliphatic carbocycles. The molecule has 29 heavy (non-hydrogen) atoms. The molecule has 0 saturated carbocycles. The Labute approximate surface area is 174 Å². The van der Waals surface area contributed by atoms with Crippen molar-refractivity contribution in [3.63, 3.8) is 0 Å². The summed E-state index contributed by atoms with van der Waals surface area (Å²) in [6.07, 6.45) is 9.31. The number of rotatable bonds is 8. The molecule has 1 unspecified atom stereocenters. The van der Waals surface area contributed by atoms with Crippen LogP contribution >= 0.6 is 0 Å². The van der Waals surface area contributed by atoms with E-state index in [1.54, 1.807) is 0 Å². The van der Waals surface area contributed by atoms with Crippen LogP contribution in [0.25, 0.3) is 0 Å². The van der Waals surface area contributed by atoms with E-state index in [1.807, 2.05) is 17.9 Å². The molecule has 0 spiro atoms. The van der Waals surface area contributed by atoms with E-state index >= 15 is 0 Å². The molecule has 3 heterocycles. The number of likely N-dealkylation sites (tertiary alicyclic amines) is 2. The van der Waals surface area contributed by atoms with Crippen LogP contribution in [-0.4, -0.2) is 77.3 Å². The van der Waals surface area contributed by atoms with E-state index < -0.39 is 0 Å². The number of aromatic nitrogens is 2. The predicted molar refractivity (Wildman–Crippen MR) is 116 cm³/mol. The lowest BCUT2D eigenvalue weighted by atomic mass is 9.96. The van der Waals surface area contributed by atoms with Crippen molar-refractivity contribution in [2.45, 2.75) is 44.9 Å². The van der Waals surface area contributed by atoms with Crippen LogP contribution in [0.15, 0.2) is 17.4 Å². The molecule has 2 saturated heterocycles. The van der Waals surface area contributed by atoms with E-state index in [-0.39, 0.29) is 11.8 Å². The molecule has 3 rings (SSSR count). The number of guanidine groups is 1. The molecule has 0 aromatic carbocycles. The normalized spacial score (nSPS) is 21.7. The third kappa shape index (κ3) is 6.19. The van der Waals surface area contributed by atoms with E-state index in [1.165, 1.54) is 5.56 Å². The van der Waals surface area contributed by atoms with Gasteiger partial charge in [0.1, 0.15) is 0 Å². The molecule has 162 valence electrons. The fourth-order valence-electron chi connectivity index (χ4n) is 4.37. The van der Waals surface area contributed by atoms with Crippen LogP contribution in [0, 0.1) is 5.92 Å². The standard InChI is InChI=1S/C21H37N7O/c1-3-23-21(28-13-8-18(16-28)19-14-25-26(2)15-19)24-9-4-5-10-27-11-6-17(7-12-27)20(22)29/h14-15,17-18H,3-13,16H2,1-2H3,(H2,22,29)(H,23,24). The molecular weight excluding hydrogens is 366 g/mol. The number of nitrogens with one attached hydrogen (secondary N) is 1. The SMILES string of the molecule is CCNC(=NCCCCN1CCC(C(N)=O)CC1)N1CCC(c2cnn(C)c2)C1. The number of unbranched alkanes of at least 4 members (excludes halogenated alkanes) is 1. The lowest BCUT2D eigenvalue weighted by Crippen LogP contribution is -2.40. The third-order valence-corrected chi connectivity index (χ3v) is 6.15. The Hall–Kier alpha value is -2.09. The van der Waals surface area contributed by atoms with Gasteiger partial charge >= 0.3 is 0 Å². The average molecular weight is 404 g/mol. The molecule has 1 aromatic rings.